The predicted octanol–water partition coefficient (Wildman–Crippen LogP) is 0.226. The molecule has 1 N–H and O–H groups in total. The Labute approximate surface area is 92.8 Å². The molecule has 86 valence electrons. The number of hydrogen-bond donors (Lipinski definition) is 1. The minimum atomic E-state index is -1.07. The van der Waals surface area contributed by atoms with Crippen molar-refractivity contribution < 1.29 is 14.7 Å². The van der Waals surface area contributed by atoms with Gasteiger partial charge in [0, 0.05) is 20.3 Å². The summed E-state index contributed by atoms with van der Waals surface area (Å²) in [6.45, 7) is 3.45. The lowest BCUT2D eigenvalue weighted by Crippen LogP contribution is -2.22. The number of aromatic nitrogens is 2. The number of amides is 1. The van der Waals surface area contributed by atoms with Crippen molar-refractivity contribution >= 4 is 11.9 Å². The number of rotatable bonds is 4. The maximum absolute atomic E-state index is 11.5. The van der Waals surface area contributed by atoms with Crippen molar-refractivity contribution in [3.8, 4) is 0 Å². The molecule has 0 bridgehead atoms. The van der Waals surface area contributed by atoms with Crippen molar-refractivity contribution in [2.75, 3.05) is 14.1 Å². The Morgan fingerprint density at radius 1 is 1.56 bits per heavy atom. The first-order valence-corrected chi connectivity index (χ1v) is 4.58. The van der Waals surface area contributed by atoms with E-state index in [1.165, 1.54) is 15.6 Å². The van der Waals surface area contributed by atoms with Crippen LogP contribution < -0.4 is 0 Å². The van der Waals surface area contributed by atoms with Gasteiger partial charge in [0.1, 0.15) is 5.69 Å². The van der Waals surface area contributed by atoms with Gasteiger partial charge in [0.2, 0.25) is 0 Å². The molecule has 1 rings (SSSR count). The van der Waals surface area contributed by atoms with Crippen LogP contribution in [0.1, 0.15) is 10.5 Å². The summed E-state index contributed by atoms with van der Waals surface area (Å²) in [5.74, 6) is -1.30. The number of hydrogen-bond acceptors (Lipinski definition) is 3. The van der Waals surface area contributed by atoms with Crippen LogP contribution in [0.5, 0.6) is 0 Å². The monoisotopic (exact) mass is 223 g/mol. The number of aliphatic carboxylic acids is 1. The average Bonchev–Trinajstić information content (AvgIpc) is 2.64. The molecule has 0 saturated heterocycles. The number of carbonyl (C=O) groups is 2. The van der Waals surface area contributed by atoms with Gasteiger partial charge in [-0.05, 0) is 6.07 Å². The first kappa shape index (κ1) is 12.0. The van der Waals surface area contributed by atoms with Crippen molar-refractivity contribution in [2.24, 2.45) is 0 Å². The van der Waals surface area contributed by atoms with E-state index >= 15 is 0 Å². The molecule has 1 heterocycles. The van der Waals surface area contributed by atoms with E-state index in [4.69, 9.17) is 5.11 Å². The summed E-state index contributed by atoms with van der Waals surface area (Å²) in [6.07, 6.45) is 1.55. The second-order valence-corrected chi connectivity index (χ2v) is 3.51. The summed E-state index contributed by atoms with van der Waals surface area (Å²) in [5, 5.41) is 12.6. The Kier molecular flexibility index (Phi) is 3.44. The second kappa shape index (κ2) is 4.61. The van der Waals surface area contributed by atoms with Gasteiger partial charge in [-0.15, -0.1) is 0 Å². The van der Waals surface area contributed by atoms with E-state index < -0.39 is 5.97 Å². The van der Waals surface area contributed by atoms with Gasteiger partial charge >= 0.3 is 5.97 Å². The van der Waals surface area contributed by atoms with Crippen LogP contribution in [0.25, 0.3) is 0 Å². The zero-order chi connectivity index (χ0) is 12.3. The average molecular weight is 223 g/mol. The van der Waals surface area contributed by atoms with E-state index in [0.717, 1.165) is 0 Å². The highest BCUT2D eigenvalue weighted by Gasteiger charge is 2.12. The largest absolute Gasteiger partial charge is 0.478 e. The number of carboxylic acid groups (broad SMARTS) is 1. The molecular formula is C10H13N3O3. The first-order valence-electron chi connectivity index (χ1n) is 4.58. The summed E-state index contributed by atoms with van der Waals surface area (Å²) in [5.41, 5.74) is 0.301. The van der Waals surface area contributed by atoms with E-state index in [1.54, 1.807) is 20.3 Å². The molecule has 0 atom stereocenters. The van der Waals surface area contributed by atoms with E-state index in [0.29, 0.717) is 0 Å². The molecule has 0 aromatic carbocycles. The van der Waals surface area contributed by atoms with Crippen LogP contribution in [0.2, 0.25) is 0 Å². The molecule has 0 fully saturated rings. The molecule has 1 aromatic rings. The van der Waals surface area contributed by atoms with Gasteiger partial charge in [-0.2, -0.15) is 5.10 Å². The van der Waals surface area contributed by atoms with Gasteiger partial charge in [0.15, 0.2) is 0 Å². The fraction of sp³-hybridized carbons (Fsp3) is 0.300. The highest BCUT2D eigenvalue weighted by Crippen LogP contribution is 2.02. The highest BCUT2D eigenvalue weighted by molar-refractivity contribution is 5.91. The molecule has 1 amide bonds. The van der Waals surface area contributed by atoms with Gasteiger partial charge in [0.25, 0.3) is 5.91 Å². The Hall–Kier alpha value is -2.11. The van der Waals surface area contributed by atoms with Crippen LogP contribution in [0, 0.1) is 0 Å². The van der Waals surface area contributed by atoms with Gasteiger partial charge < -0.3 is 10.0 Å². The Bertz CT molecular complexity index is 434. The molecule has 0 aliphatic rings. The lowest BCUT2D eigenvalue weighted by atomic mass is 10.3. The predicted molar refractivity (Wildman–Crippen MR) is 57.0 cm³/mol. The summed E-state index contributed by atoms with van der Waals surface area (Å²) in [6, 6.07) is 1.54. The molecule has 16 heavy (non-hydrogen) atoms. The summed E-state index contributed by atoms with van der Waals surface area (Å²) < 4.78 is 1.37. The van der Waals surface area contributed by atoms with Gasteiger partial charge in [-0.3, -0.25) is 9.48 Å². The topological polar surface area (TPSA) is 75.4 Å². The van der Waals surface area contributed by atoms with Crippen molar-refractivity contribution in [2.45, 2.75) is 6.54 Å². The quantitative estimate of drug-likeness (QED) is 0.741. The molecule has 6 nitrogen and oxygen atoms in total. The van der Waals surface area contributed by atoms with Crippen LogP contribution in [0.15, 0.2) is 24.4 Å². The van der Waals surface area contributed by atoms with E-state index in [2.05, 4.69) is 11.7 Å². The van der Waals surface area contributed by atoms with Crippen molar-refractivity contribution in [1.29, 1.82) is 0 Å². The molecule has 6 heteroatoms. The standard InChI is InChI=1S/C10H13N3O3/c1-7(10(15)16)6-13-5-4-8(11-13)9(14)12(2)3/h4-5H,1,6H2,2-3H3,(H,15,16). The Morgan fingerprint density at radius 2 is 2.19 bits per heavy atom. The Balaban J connectivity index is 2.76. The van der Waals surface area contributed by atoms with Crippen molar-refractivity contribution in [3.05, 3.63) is 30.1 Å². The van der Waals surface area contributed by atoms with Crippen molar-refractivity contribution in [3.63, 3.8) is 0 Å². The van der Waals surface area contributed by atoms with Crippen LogP contribution >= 0.6 is 0 Å². The molecule has 0 radical (unpaired) electrons. The smallest absolute Gasteiger partial charge is 0.332 e. The highest BCUT2D eigenvalue weighted by atomic mass is 16.4. The first-order chi connectivity index (χ1) is 7.41. The zero-order valence-electron chi connectivity index (χ0n) is 9.17. The molecule has 0 unspecified atom stereocenters. The number of carbonyl (C=O) groups excluding carboxylic acids is 1. The van der Waals surface area contributed by atoms with Gasteiger partial charge in [-0.1, -0.05) is 6.58 Å². The summed E-state index contributed by atoms with van der Waals surface area (Å²) in [4.78, 5) is 23.4. The normalized spacial score (nSPS) is 9.88. The molecular weight excluding hydrogens is 210 g/mol. The van der Waals surface area contributed by atoms with E-state index in [1.807, 2.05) is 0 Å². The minimum absolute atomic E-state index is 0.0203. The maximum atomic E-state index is 11.5. The van der Waals surface area contributed by atoms with E-state index in [9.17, 15) is 9.59 Å². The zero-order valence-corrected chi connectivity index (χ0v) is 9.17. The lowest BCUT2D eigenvalue weighted by Gasteiger charge is -2.06. The maximum Gasteiger partial charge on any atom is 0.332 e. The third kappa shape index (κ3) is 2.69. The third-order valence-electron chi connectivity index (χ3n) is 1.92. The second-order valence-electron chi connectivity index (χ2n) is 3.51. The summed E-state index contributed by atoms with van der Waals surface area (Å²) in [7, 11) is 3.25. The molecule has 1 aromatic heterocycles. The SMILES string of the molecule is C=C(Cn1ccc(C(=O)N(C)C)n1)C(=O)O. The summed E-state index contributed by atoms with van der Waals surface area (Å²) >= 11 is 0. The van der Waals surface area contributed by atoms with Crippen LogP contribution in [0.3, 0.4) is 0 Å². The fourth-order valence-corrected chi connectivity index (χ4v) is 1.06. The lowest BCUT2D eigenvalue weighted by molar-refractivity contribution is -0.132. The van der Waals surface area contributed by atoms with Gasteiger partial charge in [-0.25, -0.2) is 4.79 Å². The number of nitrogens with zero attached hydrogens (tertiary/aromatic N) is 3. The molecule has 0 saturated carbocycles. The minimum Gasteiger partial charge on any atom is -0.478 e. The number of carboxylic acids is 1. The van der Waals surface area contributed by atoms with Crippen molar-refractivity contribution in [1.82, 2.24) is 14.7 Å². The molecule has 0 spiro atoms. The molecule has 0 aliphatic heterocycles. The third-order valence-corrected chi connectivity index (χ3v) is 1.92. The molecule has 0 aliphatic carbocycles. The van der Waals surface area contributed by atoms with Gasteiger partial charge in [0.05, 0.1) is 12.1 Å². The van der Waals surface area contributed by atoms with Crippen LogP contribution in [0.4, 0.5) is 0 Å². The van der Waals surface area contributed by atoms with Crippen LogP contribution in [-0.4, -0.2) is 45.8 Å². The fourth-order valence-electron chi connectivity index (χ4n) is 1.06. The van der Waals surface area contributed by atoms with E-state index in [-0.39, 0.29) is 23.7 Å². The Morgan fingerprint density at radius 3 is 2.69 bits per heavy atom. The van der Waals surface area contributed by atoms with Crippen LogP contribution in [-0.2, 0) is 11.3 Å².